The molecule has 0 bridgehead atoms. The Labute approximate surface area is 121 Å². The third kappa shape index (κ3) is 5.83. The van der Waals surface area contributed by atoms with E-state index in [0.717, 1.165) is 6.04 Å². The molecular weight excluding hydrogens is 232 g/mol. The largest absolute Gasteiger partial charge is 0.316 e. The zero-order valence-electron chi connectivity index (χ0n) is 13.8. The van der Waals surface area contributed by atoms with Crippen molar-refractivity contribution in [3.63, 3.8) is 0 Å². The predicted octanol–water partition coefficient (Wildman–Crippen LogP) is 4.06. The topological polar surface area (TPSA) is 15.3 Å². The molecule has 1 aliphatic rings. The van der Waals surface area contributed by atoms with E-state index in [1.807, 2.05) is 0 Å². The summed E-state index contributed by atoms with van der Waals surface area (Å²) in [6.45, 7) is 10.6. The van der Waals surface area contributed by atoms with Crippen molar-refractivity contribution in [3.8, 4) is 0 Å². The lowest BCUT2D eigenvalue weighted by Crippen LogP contribution is -2.46. The van der Waals surface area contributed by atoms with E-state index in [2.05, 4.69) is 38.0 Å². The molecule has 2 heteroatoms. The first kappa shape index (κ1) is 17.0. The first-order valence-electron chi connectivity index (χ1n) is 8.54. The molecular formula is C17H36N2. The highest BCUT2D eigenvalue weighted by Gasteiger charge is 2.33. The molecule has 0 aliphatic heterocycles. The monoisotopic (exact) mass is 268 g/mol. The van der Waals surface area contributed by atoms with Crippen LogP contribution in [0.3, 0.4) is 0 Å². The quantitative estimate of drug-likeness (QED) is 0.635. The van der Waals surface area contributed by atoms with Gasteiger partial charge < -0.3 is 10.2 Å². The van der Waals surface area contributed by atoms with Crippen LogP contribution in [-0.2, 0) is 0 Å². The summed E-state index contributed by atoms with van der Waals surface area (Å²) in [6, 6.07) is 0.731. The van der Waals surface area contributed by atoms with Gasteiger partial charge >= 0.3 is 0 Å². The van der Waals surface area contributed by atoms with Gasteiger partial charge in [0.2, 0.25) is 0 Å². The second kappa shape index (κ2) is 8.97. The van der Waals surface area contributed by atoms with E-state index >= 15 is 0 Å². The SMILES string of the molecule is CCCNCC1(CN(C)C(C)CCC)CCCCC1. The number of nitrogens with one attached hydrogen (secondary N) is 1. The Morgan fingerprint density at radius 1 is 1.11 bits per heavy atom. The van der Waals surface area contributed by atoms with Crippen LogP contribution in [0.25, 0.3) is 0 Å². The fourth-order valence-electron chi connectivity index (χ4n) is 3.55. The molecule has 0 aromatic rings. The van der Waals surface area contributed by atoms with Crippen LogP contribution >= 0.6 is 0 Å². The van der Waals surface area contributed by atoms with Crippen molar-refractivity contribution < 1.29 is 0 Å². The van der Waals surface area contributed by atoms with Crippen molar-refractivity contribution >= 4 is 0 Å². The molecule has 2 nitrogen and oxygen atoms in total. The van der Waals surface area contributed by atoms with Crippen LogP contribution in [0.1, 0.15) is 72.1 Å². The Morgan fingerprint density at radius 2 is 1.79 bits per heavy atom. The van der Waals surface area contributed by atoms with E-state index in [4.69, 9.17) is 0 Å². The zero-order chi connectivity index (χ0) is 14.1. The second-order valence-corrected chi connectivity index (χ2v) is 6.79. The zero-order valence-corrected chi connectivity index (χ0v) is 13.8. The lowest BCUT2D eigenvalue weighted by atomic mass is 9.73. The predicted molar refractivity (Wildman–Crippen MR) is 85.7 cm³/mol. The second-order valence-electron chi connectivity index (χ2n) is 6.79. The third-order valence-electron chi connectivity index (χ3n) is 4.88. The van der Waals surface area contributed by atoms with Crippen LogP contribution in [0.15, 0.2) is 0 Å². The minimum Gasteiger partial charge on any atom is -0.316 e. The molecule has 1 aliphatic carbocycles. The van der Waals surface area contributed by atoms with Crippen molar-refractivity contribution in [1.29, 1.82) is 0 Å². The highest BCUT2D eigenvalue weighted by Crippen LogP contribution is 2.36. The molecule has 1 saturated carbocycles. The van der Waals surface area contributed by atoms with Crippen molar-refractivity contribution in [2.75, 3.05) is 26.7 Å². The van der Waals surface area contributed by atoms with E-state index in [1.165, 1.54) is 71.0 Å². The minimum atomic E-state index is 0.546. The maximum atomic E-state index is 3.70. The molecule has 114 valence electrons. The fourth-order valence-corrected chi connectivity index (χ4v) is 3.55. The van der Waals surface area contributed by atoms with Gasteiger partial charge in [0, 0.05) is 19.1 Å². The highest BCUT2D eigenvalue weighted by molar-refractivity contribution is 4.88. The average Bonchev–Trinajstić information content (AvgIpc) is 2.40. The van der Waals surface area contributed by atoms with E-state index in [0.29, 0.717) is 5.41 Å². The van der Waals surface area contributed by atoms with Gasteiger partial charge in [0.25, 0.3) is 0 Å². The summed E-state index contributed by atoms with van der Waals surface area (Å²) in [4.78, 5) is 2.61. The van der Waals surface area contributed by atoms with E-state index in [9.17, 15) is 0 Å². The molecule has 19 heavy (non-hydrogen) atoms. The van der Waals surface area contributed by atoms with Crippen molar-refractivity contribution in [3.05, 3.63) is 0 Å². The third-order valence-corrected chi connectivity index (χ3v) is 4.88. The lowest BCUT2D eigenvalue weighted by Gasteiger charge is -2.42. The number of hydrogen-bond acceptors (Lipinski definition) is 2. The molecule has 1 N–H and O–H groups in total. The van der Waals surface area contributed by atoms with Crippen LogP contribution in [0.4, 0.5) is 0 Å². The van der Waals surface area contributed by atoms with Gasteiger partial charge in [0.1, 0.15) is 0 Å². The molecule has 0 heterocycles. The lowest BCUT2D eigenvalue weighted by molar-refractivity contribution is 0.0944. The van der Waals surface area contributed by atoms with Crippen LogP contribution in [0.5, 0.6) is 0 Å². The Hall–Kier alpha value is -0.0800. The molecule has 0 amide bonds. The summed E-state index contributed by atoms with van der Waals surface area (Å²) < 4.78 is 0. The van der Waals surface area contributed by atoms with E-state index in [1.54, 1.807) is 0 Å². The van der Waals surface area contributed by atoms with Crippen molar-refractivity contribution in [2.45, 2.75) is 78.2 Å². The fraction of sp³-hybridized carbons (Fsp3) is 1.00. The molecule has 1 fully saturated rings. The molecule has 1 atom stereocenters. The maximum absolute atomic E-state index is 3.70. The summed E-state index contributed by atoms with van der Waals surface area (Å²) in [5.74, 6) is 0. The normalized spacial score (nSPS) is 20.7. The maximum Gasteiger partial charge on any atom is 0.00640 e. The summed E-state index contributed by atoms with van der Waals surface area (Å²) >= 11 is 0. The number of rotatable bonds is 9. The highest BCUT2D eigenvalue weighted by atomic mass is 15.1. The van der Waals surface area contributed by atoms with Crippen LogP contribution in [-0.4, -0.2) is 37.6 Å². The first-order valence-corrected chi connectivity index (χ1v) is 8.54. The van der Waals surface area contributed by atoms with Gasteiger partial charge in [-0.15, -0.1) is 0 Å². The van der Waals surface area contributed by atoms with Gasteiger partial charge in [0.15, 0.2) is 0 Å². The van der Waals surface area contributed by atoms with E-state index in [-0.39, 0.29) is 0 Å². The van der Waals surface area contributed by atoms with Crippen LogP contribution in [0, 0.1) is 5.41 Å². The Morgan fingerprint density at radius 3 is 2.37 bits per heavy atom. The summed E-state index contributed by atoms with van der Waals surface area (Å²) in [5.41, 5.74) is 0.546. The van der Waals surface area contributed by atoms with Crippen molar-refractivity contribution in [1.82, 2.24) is 10.2 Å². The van der Waals surface area contributed by atoms with Crippen LogP contribution < -0.4 is 5.32 Å². The minimum absolute atomic E-state index is 0.546. The molecule has 0 spiro atoms. The van der Waals surface area contributed by atoms with E-state index < -0.39 is 0 Å². The van der Waals surface area contributed by atoms with Gasteiger partial charge in [-0.25, -0.2) is 0 Å². The van der Waals surface area contributed by atoms with Gasteiger partial charge in [-0.05, 0) is 51.6 Å². The molecule has 0 aromatic heterocycles. The Balaban J connectivity index is 2.52. The van der Waals surface area contributed by atoms with Gasteiger partial charge in [0.05, 0.1) is 0 Å². The smallest absolute Gasteiger partial charge is 0.00640 e. The average molecular weight is 268 g/mol. The number of hydrogen-bond donors (Lipinski definition) is 1. The Bertz CT molecular complexity index is 221. The molecule has 1 unspecified atom stereocenters. The van der Waals surface area contributed by atoms with Crippen LogP contribution in [0.2, 0.25) is 0 Å². The molecule has 1 rings (SSSR count). The standard InChI is InChI=1S/C17H36N2/c1-5-10-16(3)19(4)15-17(14-18-13-6-2)11-8-7-9-12-17/h16,18H,5-15H2,1-4H3. The summed E-state index contributed by atoms with van der Waals surface area (Å²) in [6.07, 6.45) is 11.0. The molecule has 0 saturated heterocycles. The molecule has 0 radical (unpaired) electrons. The van der Waals surface area contributed by atoms with Crippen molar-refractivity contribution in [2.24, 2.45) is 5.41 Å². The summed E-state index contributed by atoms with van der Waals surface area (Å²) in [7, 11) is 2.33. The summed E-state index contributed by atoms with van der Waals surface area (Å²) in [5, 5.41) is 3.70. The molecule has 0 aromatic carbocycles. The number of nitrogens with zero attached hydrogens (tertiary/aromatic N) is 1. The van der Waals surface area contributed by atoms with Gasteiger partial charge in [-0.1, -0.05) is 39.5 Å². The van der Waals surface area contributed by atoms with Gasteiger partial charge in [-0.3, -0.25) is 0 Å². The Kier molecular flexibility index (Phi) is 8.01. The van der Waals surface area contributed by atoms with Gasteiger partial charge in [-0.2, -0.15) is 0 Å². The first-order chi connectivity index (χ1) is 9.13.